The molecule has 1 heterocycles. The molecule has 0 spiro atoms. The fourth-order valence-electron chi connectivity index (χ4n) is 3.46. The molecule has 20 heavy (non-hydrogen) atoms. The fraction of sp³-hybridized carbons (Fsp3) is 0.556. The number of rotatable bonds is 3. The fourth-order valence-corrected chi connectivity index (χ4v) is 3.46. The maximum atomic E-state index is 10.4. The number of nitrogens with one attached hydrogen (secondary N) is 1. The van der Waals surface area contributed by atoms with Crippen LogP contribution in [0, 0.1) is 5.92 Å². The third-order valence-electron chi connectivity index (χ3n) is 4.74. The van der Waals surface area contributed by atoms with Crippen LogP contribution < -0.4 is 5.32 Å². The van der Waals surface area contributed by atoms with Crippen LogP contribution in [0.3, 0.4) is 0 Å². The smallest absolute Gasteiger partial charge is 0.0818 e. The van der Waals surface area contributed by atoms with Crippen molar-refractivity contribution in [2.45, 2.75) is 44.6 Å². The van der Waals surface area contributed by atoms with Gasteiger partial charge in [-0.1, -0.05) is 48.8 Å². The molecule has 1 aliphatic heterocycles. The van der Waals surface area contributed by atoms with E-state index in [9.17, 15) is 5.11 Å². The van der Waals surface area contributed by atoms with E-state index >= 15 is 0 Å². The Morgan fingerprint density at radius 3 is 2.35 bits per heavy atom. The van der Waals surface area contributed by atoms with Gasteiger partial charge in [-0.25, -0.2) is 0 Å². The Balaban J connectivity index is 1.67. The third kappa shape index (κ3) is 3.31. The summed E-state index contributed by atoms with van der Waals surface area (Å²) in [6.07, 6.45) is 9.28. The second-order valence-corrected chi connectivity index (χ2v) is 6.21. The molecule has 1 saturated carbocycles. The second kappa shape index (κ2) is 6.55. The van der Waals surface area contributed by atoms with Gasteiger partial charge in [-0.15, -0.1) is 0 Å². The summed E-state index contributed by atoms with van der Waals surface area (Å²) in [6.45, 7) is 2.20. The van der Waals surface area contributed by atoms with E-state index in [2.05, 4.69) is 35.7 Å². The molecule has 2 fully saturated rings. The Kier molecular flexibility index (Phi) is 4.54. The largest absolute Gasteiger partial charge is 0.388 e. The van der Waals surface area contributed by atoms with E-state index in [0.29, 0.717) is 5.92 Å². The minimum atomic E-state index is -0.266. The summed E-state index contributed by atoms with van der Waals surface area (Å²) >= 11 is 0. The van der Waals surface area contributed by atoms with Crippen molar-refractivity contribution in [1.29, 1.82) is 0 Å². The number of aliphatic hydroxyl groups excluding tert-OH is 1. The van der Waals surface area contributed by atoms with E-state index in [1.807, 2.05) is 0 Å². The van der Waals surface area contributed by atoms with E-state index < -0.39 is 0 Å². The third-order valence-corrected chi connectivity index (χ3v) is 4.74. The summed E-state index contributed by atoms with van der Waals surface area (Å²) in [5, 5.41) is 13.8. The van der Waals surface area contributed by atoms with Crippen molar-refractivity contribution in [2.24, 2.45) is 5.92 Å². The van der Waals surface area contributed by atoms with Crippen LogP contribution in [-0.2, 0) is 0 Å². The van der Waals surface area contributed by atoms with Crippen LogP contribution in [0.4, 0.5) is 0 Å². The van der Waals surface area contributed by atoms with E-state index in [4.69, 9.17) is 0 Å². The van der Waals surface area contributed by atoms with Crippen LogP contribution in [0.25, 0.3) is 6.08 Å². The SMILES string of the molecule is OC(c1ccc(C=C2CCNCC2)cc1)C1CCCC1. The quantitative estimate of drug-likeness (QED) is 0.879. The number of hydrogen-bond donors (Lipinski definition) is 2. The summed E-state index contributed by atoms with van der Waals surface area (Å²) < 4.78 is 0. The molecule has 1 aromatic carbocycles. The highest BCUT2D eigenvalue weighted by molar-refractivity contribution is 5.53. The van der Waals surface area contributed by atoms with E-state index in [0.717, 1.165) is 31.5 Å². The first kappa shape index (κ1) is 13.8. The first-order valence-electron chi connectivity index (χ1n) is 8.01. The lowest BCUT2D eigenvalue weighted by Gasteiger charge is -2.18. The molecule has 0 aromatic heterocycles. The van der Waals surface area contributed by atoms with Gasteiger partial charge in [0.15, 0.2) is 0 Å². The lowest BCUT2D eigenvalue weighted by Crippen LogP contribution is -2.22. The minimum absolute atomic E-state index is 0.266. The first-order chi connectivity index (χ1) is 9.83. The molecule has 3 rings (SSSR count). The molecule has 1 saturated heterocycles. The summed E-state index contributed by atoms with van der Waals surface area (Å²) in [4.78, 5) is 0. The highest BCUT2D eigenvalue weighted by Gasteiger charge is 2.24. The molecule has 108 valence electrons. The highest BCUT2D eigenvalue weighted by atomic mass is 16.3. The lowest BCUT2D eigenvalue weighted by molar-refractivity contribution is 0.111. The maximum Gasteiger partial charge on any atom is 0.0818 e. The average Bonchev–Trinajstić information content (AvgIpc) is 3.03. The standard InChI is InChI=1S/C18H25NO/c20-18(16-3-1-2-4-16)17-7-5-14(6-8-17)13-15-9-11-19-12-10-15/h5-8,13,16,18-20H,1-4,9-12H2. The van der Waals surface area contributed by atoms with Gasteiger partial charge in [-0.05, 0) is 55.8 Å². The highest BCUT2D eigenvalue weighted by Crippen LogP contribution is 2.35. The van der Waals surface area contributed by atoms with E-state index in [-0.39, 0.29) is 6.10 Å². The van der Waals surface area contributed by atoms with Crippen LogP contribution in [0.2, 0.25) is 0 Å². The zero-order valence-electron chi connectivity index (χ0n) is 12.1. The minimum Gasteiger partial charge on any atom is -0.388 e. The predicted octanol–water partition coefficient (Wildman–Crippen LogP) is 3.68. The van der Waals surface area contributed by atoms with Crippen molar-refractivity contribution in [3.05, 3.63) is 41.0 Å². The van der Waals surface area contributed by atoms with Crippen molar-refractivity contribution < 1.29 is 5.11 Å². The van der Waals surface area contributed by atoms with Gasteiger partial charge in [0.25, 0.3) is 0 Å². The van der Waals surface area contributed by atoms with Crippen molar-refractivity contribution in [3.63, 3.8) is 0 Å². The van der Waals surface area contributed by atoms with Gasteiger partial charge < -0.3 is 10.4 Å². The van der Waals surface area contributed by atoms with Crippen LogP contribution in [0.15, 0.2) is 29.8 Å². The van der Waals surface area contributed by atoms with Crippen molar-refractivity contribution in [2.75, 3.05) is 13.1 Å². The molecule has 1 aromatic rings. The Hall–Kier alpha value is -1.12. The second-order valence-electron chi connectivity index (χ2n) is 6.21. The van der Waals surface area contributed by atoms with Gasteiger partial charge >= 0.3 is 0 Å². The van der Waals surface area contributed by atoms with Gasteiger partial charge in [0.1, 0.15) is 0 Å². The molecule has 2 N–H and O–H groups in total. The summed E-state index contributed by atoms with van der Waals surface area (Å²) in [5.74, 6) is 0.476. The number of hydrogen-bond acceptors (Lipinski definition) is 2. The topological polar surface area (TPSA) is 32.3 Å². The zero-order chi connectivity index (χ0) is 13.8. The Morgan fingerprint density at radius 1 is 1.05 bits per heavy atom. The van der Waals surface area contributed by atoms with Gasteiger partial charge in [-0.2, -0.15) is 0 Å². The van der Waals surface area contributed by atoms with Gasteiger partial charge in [-0.3, -0.25) is 0 Å². The van der Waals surface area contributed by atoms with Crippen LogP contribution >= 0.6 is 0 Å². The first-order valence-corrected chi connectivity index (χ1v) is 8.01. The number of piperidine rings is 1. The summed E-state index contributed by atoms with van der Waals surface area (Å²) in [6, 6.07) is 8.53. The van der Waals surface area contributed by atoms with Gasteiger partial charge in [0.2, 0.25) is 0 Å². The Morgan fingerprint density at radius 2 is 1.70 bits per heavy atom. The summed E-state index contributed by atoms with van der Waals surface area (Å²) in [5.41, 5.74) is 3.89. The molecule has 0 radical (unpaired) electrons. The van der Waals surface area contributed by atoms with Gasteiger partial charge in [0, 0.05) is 0 Å². The normalized spacial score (nSPS) is 21.9. The van der Waals surface area contributed by atoms with Crippen molar-refractivity contribution in [1.82, 2.24) is 5.32 Å². The molecule has 0 bridgehead atoms. The molecular formula is C18H25NO. The Labute approximate surface area is 121 Å². The Bertz CT molecular complexity index is 449. The molecule has 1 unspecified atom stereocenters. The number of aliphatic hydroxyl groups is 1. The molecule has 1 atom stereocenters. The molecular weight excluding hydrogens is 246 g/mol. The summed E-state index contributed by atoms with van der Waals surface area (Å²) in [7, 11) is 0. The lowest BCUT2D eigenvalue weighted by atomic mass is 9.93. The number of benzene rings is 1. The average molecular weight is 271 g/mol. The van der Waals surface area contributed by atoms with Crippen molar-refractivity contribution in [3.8, 4) is 0 Å². The maximum absolute atomic E-state index is 10.4. The molecule has 0 amide bonds. The molecule has 2 aliphatic rings. The molecule has 1 aliphatic carbocycles. The molecule has 2 heteroatoms. The van der Waals surface area contributed by atoms with Crippen molar-refractivity contribution >= 4 is 6.08 Å². The van der Waals surface area contributed by atoms with Crippen LogP contribution in [-0.4, -0.2) is 18.2 Å². The van der Waals surface area contributed by atoms with Gasteiger partial charge in [0.05, 0.1) is 6.10 Å². The predicted molar refractivity (Wildman–Crippen MR) is 83.4 cm³/mol. The van der Waals surface area contributed by atoms with Crippen LogP contribution in [0.5, 0.6) is 0 Å². The molecule has 2 nitrogen and oxygen atoms in total. The van der Waals surface area contributed by atoms with Crippen LogP contribution in [0.1, 0.15) is 55.8 Å². The monoisotopic (exact) mass is 271 g/mol. The zero-order valence-corrected chi connectivity index (χ0v) is 12.1. The van der Waals surface area contributed by atoms with E-state index in [1.165, 1.54) is 36.8 Å². The van der Waals surface area contributed by atoms with E-state index in [1.54, 1.807) is 0 Å².